The summed E-state index contributed by atoms with van der Waals surface area (Å²) >= 11 is 0. The first kappa shape index (κ1) is 14.0. The Hall–Kier alpha value is -3.00. The molecule has 2 aromatic rings. The standard InChI is InChI=1S/C17H12N2O3/c18-9-11-8-13-14(19-17(11)22)7-6-12(16(13)21)15(20)10-4-2-1-3-5-10/h1-5,8,12H,6-7H2,(H,19,22). The summed E-state index contributed by atoms with van der Waals surface area (Å²) in [4.78, 5) is 39.2. The molecule has 0 bridgehead atoms. The molecule has 0 aliphatic heterocycles. The van der Waals surface area contributed by atoms with Gasteiger partial charge < -0.3 is 4.98 Å². The van der Waals surface area contributed by atoms with E-state index in [1.54, 1.807) is 36.4 Å². The van der Waals surface area contributed by atoms with E-state index in [0.29, 0.717) is 24.1 Å². The number of ketones is 2. The predicted molar refractivity (Wildman–Crippen MR) is 78.7 cm³/mol. The van der Waals surface area contributed by atoms with E-state index < -0.39 is 11.5 Å². The zero-order valence-electron chi connectivity index (χ0n) is 11.6. The highest BCUT2D eigenvalue weighted by Gasteiger charge is 2.34. The highest BCUT2D eigenvalue weighted by atomic mass is 16.2. The van der Waals surface area contributed by atoms with Crippen molar-refractivity contribution in [3.63, 3.8) is 0 Å². The van der Waals surface area contributed by atoms with Crippen molar-refractivity contribution in [2.24, 2.45) is 5.92 Å². The molecule has 1 aliphatic carbocycles. The third-order valence-corrected chi connectivity index (χ3v) is 3.88. The first-order valence-electron chi connectivity index (χ1n) is 6.91. The van der Waals surface area contributed by atoms with E-state index in [0.717, 1.165) is 0 Å². The van der Waals surface area contributed by atoms with E-state index >= 15 is 0 Å². The van der Waals surface area contributed by atoms with E-state index in [-0.39, 0.29) is 22.7 Å². The third kappa shape index (κ3) is 2.25. The minimum Gasteiger partial charge on any atom is -0.324 e. The van der Waals surface area contributed by atoms with Crippen LogP contribution in [0.15, 0.2) is 41.2 Å². The van der Waals surface area contributed by atoms with Crippen molar-refractivity contribution in [3.05, 3.63) is 69.1 Å². The maximum absolute atomic E-state index is 12.6. The molecule has 108 valence electrons. The first-order valence-corrected chi connectivity index (χ1v) is 6.91. The van der Waals surface area contributed by atoms with Crippen molar-refractivity contribution in [1.82, 2.24) is 4.98 Å². The molecule has 0 saturated carbocycles. The molecule has 5 heteroatoms. The average Bonchev–Trinajstić information content (AvgIpc) is 2.55. The SMILES string of the molecule is N#Cc1cc2c([nH]c1=O)CCC(C(=O)c1ccccc1)C2=O. The van der Waals surface area contributed by atoms with Crippen LogP contribution >= 0.6 is 0 Å². The average molecular weight is 292 g/mol. The van der Waals surface area contributed by atoms with Gasteiger partial charge in [0.05, 0.1) is 5.92 Å². The smallest absolute Gasteiger partial charge is 0.266 e. The van der Waals surface area contributed by atoms with Crippen LogP contribution in [0.2, 0.25) is 0 Å². The van der Waals surface area contributed by atoms with Gasteiger partial charge in [0.15, 0.2) is 11.6 Å². The Bertz CT molecular complexity index is 860. The van der Waals surface area contributed by atoms with E-state index in [2.05, 4.69) is 4.98 Å². The summed E-state index contributed by atoms with van der Waals surface area (Å²) in [6.07, 6.45) is 0.798. The Morgan fingerprint density at radius 3 is 2.64 bits per heavy atom. The van der Waals surface area contributed by atoms with Gasteiger partial charge in [-0.3, -0.25) is 14.4 Å². The van der Waals surface area contributed by atoms with Gasteiger partial charge in [-0.15, -0.1) is 0 Å². The molecule has 0 radical (unpaired) electrons. The molecule has 1 aliphatic rings. The minimum atomic E-state index is -0.757. The molecule has 1 aromatic carbocycles. The Balaban J connectivity index is 2.00. The molecule has 0 saturated heterocycles. The zero-order chi connectivity index (χ0) is 15.7. The molecular formula is C17H12N2O3. The van der Waals surface area contributed by atoms with Gasteiger partial charge in [-0.05, 0) is 18.9 Å². The predicted octanol–water partition coefficient (Wildman–Crippen LogP) is 1.87. The second-order valence-corrected chi connectivity index (χ2v) is 5.20. The summed E-state index contributed by atoms with van der Waals surface area (Å²) in [5, 5.41) is 8.91. The van der Waals surface area contributed by atoms with Gasteiger partial charge in [-0.25, -0.2) is 0 Å². The number of pyridine rings is 1. The molecule has 22 heavy (non-hydrogen) atoms. The molecule has 1 unspecified atom stereocenters. The number of nitrogens with one attached hydrogen (secondary N) is 1. The maximum Gasteiger partial charge on any atom is 0.266 e. The van der Waals surface area contributed by atoms with Crippen LogP contribution in [-0.4, -0.2) is 16.6 Å². The van der Waals surface area contributed by atoms with Crippen molar-refractivity contribution < 1.29 is 9.59 Å². The molecule has 1 heterocycles. The number of aryl methyl sites for hydroxylation is 1. The summed E-state index contributed by atoms with van der Waals surface area (Å²) < 4.78 is 0. The summed E-state index contributed by atoms with van der Waals surface area (Å²) in [5.74, 6) is -1.31. The van der Waals surface area contributed by atoms with E-state index in [4.69, 9.17) is 5.26 Å². The molecule has 1 N–H and O–H groups in total. The van der Waals surface area contributed by atoms with E-state index in [1.807, 2.05) is 0 Å². The third-order valence-electron chi connectivity index (χ3n) is 3.88. The van der Waals surface area contributed by atoms with Crippen molar-refractivity contribution >= 4 is 11.6 Å². The van der Waals surface area contributed by atoms with Gasteiger partial charge in [0.25, 0.3) is 5.56 Å². The topological polar surface area (TPSA) is 90.8 Å². The van der Waals surface area contributed by atoms with E-state index in [9.17, 15) is 14.4 Å². The monoisotopic (exact) mass is 292 g/mol. The summed E-state index contributed by atoms with van der Waals surface area (Å²) in [7, 11) is 0. The van der Waals surface area contributed by atoms with E-state index in [1.165, 1.54) is 6.07 Å². The fraction of sp³-hybridized carbons (Fsp3) is 0.176. The Morgan fingerprint density at radius 1 is 1.23 bits per heavy atom. The van der Waals surface area contributed by atoms with Gasteiger partial charge in [-0.2, -0.15) is 5.26 Å². The van der Waals surface area contributed by atoms with Crippen molar-refractivity contribution in [2.75, 3.05) is 0 Å². The van der Waals surface area contributed by atoms with Gasteiger partial charge >= 0.3 is 0 Å². The summed E-state index contributed by atoms with van der Waals surface area (Å²) in [5.41, 5.74) is 0.666. The fourth-order valence-corrected chi connectivity index (χ4v) is 2.73. The lowest BCUT2D eigenvalue weighted by molar-refractivity contribution is 0.0789. The number of nitrogens with zero attached hydrogens (tertiary/aromatic N) is 1. The van der Waals surface area contributed by atoms with Crippen molar-refractivity contribution in [1.29, 1.82) is 5.26 Å². The quantitative estimate of drug-likeness (QED) is 0.675. The molecule has 5 nitrogen and oxygen atoms in total. The number of Topliss-reactive ketones (excluding diaryl/α,β-unsaturated/α-hetero) is 2. The van der Waals surface area contributed by atoms with Crippen LogP contribution < -0.4 is 5.56 Å². The number of benzene rings is 1. The van der Waals surface area contributed by atoms with Gasteiger partial charge in [0.1, 0.15) is 11.6 Å². The number of rotatable bonds is 2. The number of hydrogen-bond acceptors (Lipinski definition) is 4. The first-order chi connectivity index (χ1) is 10.6. The number of aromatic amines is 1. The number of carbonyl (C=O) groups excluding carboxylic acids is 2. The van der Waals surface area contributed by atoms with Crippen LogP contribution in [0.4, 0.5) is 0 Å². The lowest BCUT2D eigenvalue weighted by Gasteiger charge is -2.22. The van der Waals surface area contributed by atoms with Gasteiger partial charge in [-0.1, -0.05) is 30.3 Å². The molecule has 0 amide bonds. The number of hydrogen-bond donors (Lipinski definition) is 1. The molecular weight excluding hydrogens is 280 g/mol. The maximum atomic E-state index is 12.6. The molecule has 0 spiro atoms. The molecule has 1 atom stereocenters. The molecule has 0 fully saturated rings. The van der Waals surface area contributed by atoms with Crippen LogP contribution in [0, 0.1) is 17.2 Å². The lowest BCUT2D eigenvalue weighted by atomic mass is 9.80. The van der Waals surface area contributed by atoms with Crippen LogP contribution in [0.3, 0.4) is 0 Å². The Morgan fingerprint density at radius 2 is 1.95 bits per heavy atom. The number of carbonyl (C=O) groups is 2. The second kappa shape index (κ2) is 5.41. The molecule has 1 aromatic heterocycles. The van der Waals surface area contributed by atoms with Gasteiger partial charge in [0.2, 0.25) is 0 Å². The minimum absolute atomic E-state index is 0.111. The number of aromatic nitrogens is 1. The van der Waals surface area contributed by atoms with Crippen LogP contribution in [0.1, 0.15) is 38.4 Å². The number of fused-ring (bicyclic) bond motifs is 1. The van der Waals surface area contributed by atoms with Crippen LogP contribution in [0.25, 0.3) is 0 Å². The summed E-state index contributed by atoms with van der Waals surface area (Å²) in [6.45, 7) is 0. The van der Waals surface area contributed by atoms with Crippen molar-refractivity contribution in [2.45, 2.75) is 12.8 Å². The van der Waals surface area contributed by atoms with Gasteiger partial charge in [0, 0.05) is 16.8 Å². The zero-order valence-corrected chi connectivity index (χ0v) is 11.6. The van der Waals surface area contributed by atoms with Crippen LogP contribution in [-0.2, 0) is 6.42 Å². The summed E-state index contributed by atoms with van der Waals surface area (Å²) in [6, 6.07) is 11.7. The highest BCUT2D eigenvalue weighted by molar-refractivity contribution is 6.17. The van der Waals surface area contributed by atoms with Crippen LogP contribution in [0.5, 0.6) is 0 Å². The fourth-order valence-electron chi connectivity index (χ4n) is 2.73. The Kier molecular flexibility index (Phi) is 3.43. The number of nitriles is 1. The molecule has 3 rings (SSSR count). The Labute approximate surface area is 126 Å². The number of H-pyrrole nitrogens is 1. The largest absolute Gasteiger partial charge is 0.324 e. The van der Waals surface area contributed by atoms with Crippen molar-refractivity contribution in [3.8, 4) is 6.07 Å². The highest BCUT2D eigenvalue weighted by Crippen LogP contribution is 2.26. The normalized spacial score (nSPS) is 16.7. The lowest BCUT2D eigenvalue weighted by Crippen LogP contribution is -2.32. The second-order valence-electron chi connectivity index (χ2n) is 5.20.